The molecule has 1 saturated heterocycles. The Labute approximate surface area is 166 Å². The van der Waals surface area contributed by atoms with Gasteiger partial charge in [0.1, 0.15) is 12.4 Å². The molecule has 0 aliphatic carbocycles. The van der Waals surface area contributed by atoms with Crippen molar-refractivity contribution in [3.8, 4) is 5.75 Å². The Hall–Kier alpha value is -2.28. The molecule has 0 saturated carbocycles. The molecule has 1 fully saturated rings. The average molecular weight is 404 g/mol. The molecule has 3 rings (SSSR count). The predicted octanol–water partition coefficient (Wildman–Crippen LogP) is 4.60. The van der Waals surface area contributed by atoms with Crippen LogP contribution in [0.2, 0.25) is 5.02 Å². The van der Waals surface area contributed by atoms with Gasteiger partial charge >= 0.3 is 0 Å². The zero-order valence-electron chi connectivity index (χ0n) is 14.7. The van der Waals surface area contributed by atoms with Crippen LogP contribution in [0.1, 0.15) is 11.1 Å². The van der Waals surface area contributed by atoms with Crippen LogP contribution in [0.4, 0.5) is 4.79 Å². The van der Waals surface area contributed by atoms with E-state index in [9.17, 15) is 9.59 Å². The number of ether oxygens (including phenoxy) is 2. The highest BCUT2D eigenvalue weighted by molar-refractivity contribution is 8.18. The molecule has 0 N–H and O–H groups in total. The summed E-state index contributed by atoms with van der Waals surface area (Å²) >= 11 is 6.81. The van der Waals surface area contributed by atoms with Crippen LogP contribution in [0, 0.1) is 0 Å². The van der Waals surface area contributed by atoms with Crippen LogP contribution in [0.3, 0.4) is 0 Å². The van der Waals surface area contributed by atoms with Gasteiger partial charge in [-0.15, -0.1) is 0 Å². The molecule has 2 aromatic rings. The van der Waals surface area contributed by atoms with Crippen LogP contribution in [0.15, 0.2) is 53.4 Å². The molecule has 7 heteroatoms. The van der Waals surface area contributed by atoms with Crippen molar-refractivity contribution in [3.63, 3.8) is 0 Å². The fourth-order valence-corrected chi connectivity index (χ4v) is 3.46. The molecular weight excluding hydrogens is 386 g/mol. The van der Waals surface area contributed by atoms with Gasteiger partial charge in [-0.3, -0.25) is 14.5 Å². The minimum absolute atomic E-state index is 0.253. The second-order valence-corrected chi connectivity index (χ2v) is 7.24. The minimum Gasteiger partial charge on any atom is -0.489 e. The van der Waals surface area contributed by atoms with Crippen molar-refractivity contribution in [2.24, 2.45) is 0 Å². The number of carbonyl (C=O) groups excluding carboxylic acids is 2. The number of carbonyl (C=O) groups is 2. The van der Waals surface area contributed by atoms with Crippen molar-refractivity contribution in [2.45, 2.75) is 6.61 Å². The molecule has 0 atom stereocenters. The summed E-state index contributed by atoms with van der Waals surface area (Å²) in [6.45, 7) is 0.982. The number of amides is 2. The summed E-state index contributed by atoms with van der Waals surface area (Å²) in [5, 5.41) is 0.402. The van der Waals surface area contributed by atoms with E-state index in [0.29, 0.717) is 28.9 Å². The highest BCUT2D eigenvalue weighted by Crippen LogP contribution is 2.32. The molecule has 1 aliphatic heterocycles. The number of benzene rings is 2. The largest absolute Gasteiger partial charge is 0.489 e. The van der Waals surface area contributed by atoms with Gasteiger partial charge in [0.25, 0.3) is 11.1 Å². The van der Waals surface area contributed by atoms with Crippen molar-refractivity contribution in [1.29, 1.82) is 0 Å². The topological polar surface area (TPSA) is 55.8 Å². The molecule has 2 amide bonds. The highest BCUT2D eigenvalue weighted by atomic mass is 35.5. The van der Waals surface area contributed by atoms with Gasteiger partial charge in [0.2, 0.25) is 0 Å². The molecule has 1 aliphatic rings. The lowest BCUT2D eigenvalue weighted by atomic mass is 10.2. The Kier molecular flexibility index (Phi) is 6.55. The quantitative estimate of drug-likeness (QED) is 0.632. The van der Waals surface area contributed by atoms with Crippen molar-refractivity contribution < 1.29 is 19.1 Å². The zero-order chi connectivity index (χ0) is 19.2. The third-order valence-corrected chi connectivity index (χ3v) is 5.03. The first-order valence-corrected chi connectivity index (χ1v) is 9.48. The van der Waals surface area contributed by atoms with Gasteiger partial charge in [-0.1, -0.05) is 35.9 Å². The van der Waals surface area contributed by atoms with Crippen LogP contribution in [-0.4, -0.2) is 36.3 Å². The third kappa shape index (κ3) is 5.13. The first-order valence-electron chi connectivity index (χ1n) is 8.28. The number of rotatable bonds is 7. The van der Waals surface area contributed by atoms with Gasteiger partial charge < -0.3 is 9.47 Å². The van der Waals surface area contributed by atoms with Crippen molar-refractivity contribution in [2.75, 3.05) is 20.3 Å². The summed E-state index contributed by atoms with van der Waals surface area (Å²) in [5.41, 5.74) is 1.80. The van der Waals surface area contributed by atoms with Crippen LogP contribution in [-0.2, 0) is 16.1 Å². The number of hydrogen-bond donors (Lipinski definition) is 0. The molecule has 0 bridgehead atoms. The van der Waals surface area contributed by atoms with Gasteiger partial charge in [0.05, 0.1) is 18.1 Å². The lowest BCUT2D eigenvalue weighted by Crippen LogP contribution is -2.31. The van der Waals surface area contributed by atoms with Crippen molar-refractivity contribution in [3.05, 3.63) is 69.6 Å². The number of imide groups is 1. The second kappa shape index (κ2) is 9.08. The average Bonchev–Trinajstić information content (AvgIpc) is 2.93. The summed E-state index contributed by atoms with van der Waals surface area (Å²) in [6.07, 6.45) is 1.70. The molecule has 0 spiro atoms. The van der Waals surface area contributed by atoms with Crippen LogP contribution >= 0.6 is 23.4 Å². The van der Waals surface area contributed by atoms with Gasteiger partial charge in [-0.25, -0.2) is 0 Å². The van der Waals surface area contributed by atoms with E-state index in [-0.39, 0.29) is 17.7 Å². The fraction of sp³-hybridized carbons (Fsp3) is 0.200. The van der Waals surface area contributed by atoms with Gasteiger partial charge in [0, 0.05) is 12.1 Å². The molecule has 5 nitrogen and oxygen atoms in total. The molecule has 0 aromatic heterocycles. The lowest BCUT2D eigenvalue weighted by Gasteiger charge is -2.10. The molecular formula is C20H18ClNO4S. The van der Waals surface area contributed by atoms with E-state index >= 15 is 0 Å². The first-order chi connectivity index (χ1) is 13.1. The SMILES string of the molecule is COCCN1C(=O)S/C(=C/c2cccc(OCc3ccc(Cl)cc3)c2)C1=O. The molecule has 140 valence electrons. The van der Waals surface area contributed by atoms with Crippen LogP contribution < -0.4 is 4.74 Å². The summed E-state index contributed by atoms with van der Waals surface area (Å²) in [6, 6.07) is 14.8. The molecule has 0 radical (unpaired) electrons. The van der Waals surface area contributed by atoms with E-state index < -0.39 is 0 Å². The minimum atomic E-state index is -0.297. The third-order valence-electron chi connectivity index (χ3n) is 3.87. The molecule has 1 heterocycles. The van der Waals surface area contributed by atoms with Gasteiger partial charge in [-0.2, -0.15) is 0 Å². The predicted molar refractivity (Wildman–Crippen MR) is 107 cm³/mol. The van der Waals surface area contributed by atoms with Gasteiger partial charge in [-0.05, 0) is 53.2 Å². The number of nitrogens with zero attached hydrogens (tertiary/aromatic N) is 1. The summed E-state index contributed by atoms with van der Waals surface area (Å²) in [5.74, 6) is 0.381. The Balaban J connectivity index is 1.68. The second-order valence-electron chi connectivity index (χ2n) is 5.81. The van der Waals surface area contributed by atoms with E-state index in [1.807, 2.05) is 48.5 Å². The summed E-state index contributed by atoms with van der Waals surface area (Å²) in [7, 11) is 1.53. The normalized spacial score (nSPS) is 15.6. The Morgan fingerprint density at radius 3 is 2.67 bits per heavy atom. The number of methoxy groups -OCH3 is 1. The zero-order valence-corrected chi connectivity index (χ0v) is 16.3. The molecule has 2 aromatic carbocycles. The van der Waals surface area contributed by atoms with E-state index in [0.717, 1.165) is 22.9 Å². The van der Waals surface area contributed by atoms with E-state index in [4.69, 9.17) is 21.1 Å². The van der Waals surface area contributed by atoms with Gasteiger partial charge in [0.15, 0.2) is 0 Å². The maximum Gasteiger partial charge on any atom is 0.293 e. The number of hydrogen-bond acceptors (Lipinski definition) is 5. The Morgan fingerprint density at radius 2 is 1.93 bits per heavy atom. The first kappa shape index (κ1) is 19.5. The standard InChI is InChI=1S/C20H18ClNO4S/c1-25-10-9-22-19(23)18(27-20(22)24)12-15-3-2-4-17(11-15)26-13-14-5-7-16(21)8-6-14/h2-8,11-12H,9-10,13H2,1H3/b18-12+. The maximum atomic E-state index is 12.4. The van der Waals surface area contributed by atoms with Crippen molar-refractivity contribution >= 4 is 40.6 Å². The maximum absolute atomic E-state index is 12.4. The van der Waals surface area contributed by atoms with Crippen molar-refractivity contribution in [1.82, 2.24) is 4.90 Å². The monoisotopic (exact) mass is 403 g/mol. The van der Waals surface area contributed by atoms with Crippen LogP contribution in [0.25, 0.3) is 6.08 Å². The lowest BCUT2D eigenvalue weighted by molar-refractivity contribution is -0.123. The molecule has 0 unspecified atom stereocenters. The molecule has 27 heavy (non-hydrogen) atoms. The summed E-state index contributed by atoms with van der Waals surface area (Å²) < 4.78 is 10.7. The summed E-state index contributed by atoms with van der Waals surface area (Å²) in [4.78, 5) is 25.9. The highest BCUT2D eigenvalue weighted by Gasteiger charge is 2.34. The van der Waals surface area contributed by atoms with E-state index in [1.165, 1.54) is 12.0 Å². The smallest absolute Gasteiger partial charge is 0.293 e. The number of thioether (sulfide) groups is 1. The Morgan fingerprint density at radius 1 is 1.15 bits per heavy atom. The Bertz CT molecular complexity index is 867. The fourth-order valence-electron chi connectivity index (χ4n) is 2.47. The van der Waals surface area contributed by atoms with E-state index in [2.05, 4.69) is 0 Å². The van der Waals surface area contributed by atoms with E-state index in [1.54, 1.807) is 6.08 Å². The number of halogens is 1. The van der Waals surface area contributed by atoms with Crippen LogP contribution in [0.5, 0.6) is 5.75 Å².